The Hall–Kier alpha value is -1.79. The molecule has 0 unspecified atom stereocenters. The van der Waals surface area contributed by atoms with Crippen molar-refractivity contribution in [2.75, 3.05) is 46.9 Å². The van der Waals surface area contributed by atoms with Gasteiger partial charge in [0.15, 0.2) is 0 Å². The molecule has 0 aromatic heterocycles. The molecule has 1 aromatic carbocycles. The number of hydrogen-bond donors (Lipinski definition) is 1. The summed E-state index contributed by atoms with van der Waals surface area (Å²) in [5, 5.41) is 0. The maximum Gasteiger partial charge on any atom is 0.226 e. The van der Waals surface area contributed by atoms with Gasteiger partial charge in [0.1, 0.15) is 11.5 Å². The van der Waals surface area contributed by atoms with Gasteiger partial charge in [-0.2, -0.15) is 0 Å². The van der Waals surface area contributed by atoms with E-state index in [1.807, 2.05) is 23.1 Å². The van der Waals surface area contributed by atoms with Crippen LogP contribution in [0.25, 0.3) is 0 Å². The number of rotatable bonds is 6. The number of carbonyl (C=O) groups is 1. The van der Waals surface area contributed by atoms with Crippen molar-refractivity contribution in [2.45, 2.75) is 25.8 Å². The van der Waals surface area contributed by atoms with E-state index >= 15 is 0 Å². The van der Waals surface area contributed by atoms with Crippen LogP contribution in [0.5, 0.6) is 11.5 Å². The van der Waals surface area contributed by atoms with E-state index in [1.54, 1.807) is 14.2 Å². The van der Waals surface area contributed by atoms with Gasteiger partial charge in [0.25, 0.3) is 0 Å². The quantitative estimate of drug-likeness (QED) is 0.836. The number of benzene rings is 1. The van der Waals surface area contributed by atoms with Crippen LogP contribution in [0.4, 0.5) is 0 Å². The molecule has 1 aliphatic heterocycles. The van der Waals surface area contributed by atoms with Gasteiger partial charge in [-0.05, 0) is 43.5 Å². The number of ether oxygens (including phenoxy) is 2. The number of nitrogens with zero attached hydrogens (tertiary/aromatic N) is 2. The Labute approximate surface area is 156 Å². The Kier molecular flexibility index (Phi) is 6.38. The molecule has 6 heteroatoms. The van der Waals surface area contributed by atoms with Crippen LogP contribution in [0, 0.1) is 11.8 Å². The summed E-state index contributed by atoms with van der Waals surface area (Å²) in [5.74, 6) is 2.55. The van der Waals surface area contributed by atoms with E-state index in [0.29, 0.717) is 18.4 Å². The topological polar surface area (TPSA) is 68.0 Å². The first-order valence-electron chi connectivity index (χ1n) is 9.58. The fourth-order valence-corrected chi connectivity index (χ4v) is 4.25. The summed E-state index contributed by atoms with van der Waals surface area (Å²) in [6.07, 6.45) is 3.23. The third-order valence-electron chi connectivity index (χ3n) is 5.84. The first-order valence-corrected chi connectivity index (χ1v) is 9.58. The highest BCUT2D eigenvalue weighted by Gasteiger charge is 2.35. The number of piperazine rings is 1. The molecule has 1 saturated carbocycles. The molecule has 0 bridgehead atoms. The maximum absolute atomic E-state index is 12.8. The van der Waals surface area contributed by atoms with Crippen LogP contribution in [0.1, 0.15) is 24.8 Å². The van der Waals surface area contributed by atoms with Gasteiger partial charge < -0.3 is 20.1 Å². The summed E-state index contributed by atoms with van der Waals surface area (Å²) in [5.41, 5.74) is 6.97. The Morgan fingerprint density at radius 2 is 1.92 bits per heavy atom. The average Bonchev–Trinajstić information content (AvgIpc) is 3.16. The average molecular weight is 361 g/mol. The second kappa shape index (κ2) is 8.73. The fourth-order valence-electron chi connectivity index (χ4n) is 4.25. The van der Waals surface area contributed by atoms with Crippen molar-refractivity contribution in [2.24, 2.45) is 17.6 Å². The highest BCUT2D eigenvalue weighted by molar-refractivity contribution is 5.79. The Morgan fingerprint density at radius 3 is 2.58 bits per heavy atom. The van der Waals surface area contributed by atoms with E-state index in [0.717, 1.165) is 69.0 Å². The molecule has 2 atom stereocenters. The fraction of sp³-hybridized carbons (Fsp3) is 0.650. The number of hydrogen-bond acceptors (Lipinski definition) is 5. The lowest BCUT2D eigenvalue weighted by atomic mass is 9.94. The second-order valence-corrected chi connectivity index (χ2v) is 7.31. The van der Waals surface area contributed by atoms with Gasteiger partial charge in [-0.3, -0.25) is 9.69 Å². The van der Waals surface area contributed by atoms with E-state index in [9.17, 15) is 4.79 Å². The number of nitrogens with two attached hydrogens (primary N) is 1. The van der Waals surface area contributed by atoms with Gasteiger partial charge in [-0.15, -0.1) is 0 Å². The minimum Gasteiger partial charge on any atom is -0.497 e. The normalized spacial score (nSPS) is 23.9. The molecule has 26 heavy (non-hydrogen) atoms. The van der Waals surface area contributed by atoms with Crippen LogP contribution in [0.15, 0.2) is 18.2 Å². The molecule has 0 spiro atoms. The summed E-state index contributed by atoms with van der Waals surface area (Å²) < 4.78 is 10.8. The number of amides is 1. The van der Waals surface area contributed by atoms with Crippen LogP contribution in [-0.4, -0.2) is 62.7 Å². The second-order valence-electron chi connectivity index (χ2n) is 7.31. The minimum atomic E-state index is 0.144. The van der Waals surface area contributed by atoms with Crippen molar-refractivity contribution in [1.29, 1.82) is 0 Å². The predicted octanol–water partition coefficient (Wildman–Crippen LogP) is 1.72. The van der Waals surface area contributed by atoms with Crippen molar-refractivity contribution >= 4 is 5.91 Å². The van der Waals surface area contributed by atoms with Crippen molar-refractivity contribution < 1.29 is 14.3 Å². The SMILES string of the molecule is COc1ccc(OC)c(CN2CCN(C(=O)[C@@H]3CCC[C@@H]3CN)CC2)c1. The molecular weight excluding hydrogens is 330 g/mol. The molecule has 144 valence electrons. The Morgan fingerprint density at radius 1 is 1.15 bits per heavy atom. The lowest BCUT2D eigenvalue weighted by Crippen LogP contribution is -2.50. The van der Waals surface area contributed by atoms with Crippen LogP contribution < -0.4 is 15.2 Å². The number of carbonyl (C=O) groups excluding carboxylic acids is 1. The largest absolute Gasteiger partial charge is 0.497 e. The van der Waals surface area contributed by atoms with Gasteiger partial charge in [-0.25, -0.2) is 0 Å². The summed E-state index contributed by atoms with van der Waals surface area (Å²) >= 11 is 0. The van der Waals surface area contributed by atoms with E-state index < -0.39 is 0 Å². The van der Waals surface area contributed by atoms with Gasteiger partial charge in [0.05, 0.1) is 14.2 Å². The highest BCUT2D eigenvalue weighted by atomic mass is 16.5. The Bertz CT molecular complexity index is 614. The van der Waals surface area contributed by atoms with Crippen LogP contribution in [0.2, 0.25) is 0 Å². The molecule has 2 aliphatic rings. The molecule has 3 rings (SSSR count). The van der Waals surface area contributed by atoms with Gasteiger partial charge in [0, 0.05) is 44.2 Å². The van der Waals surface area contributed by atoms with Crippen LogP contribution in [0.3, 0.4) is 0 Å². The summed E-state index contributed by atoms with van der Waals surface area (Å²) in [6, 6.07) is 5.89. The van der Waals surface area contributed by atoms with Crippen molar-refractivity contribution in [3.05, 3.63) is 23.8 Å². The molecular formula is C20H31N3O3. The smallest absolute Gasteiger partial charge is 0.226 e. The summed E-state index contributed by atoms with van der Waals surface area (Å²) in [7, 11) is 3.37. The maximum atomic E-state index is 12.8. The lowest BCUT2D eigenvalue weighted by Gasteiger charge is -2.37. The molecule has 2 N–H and O–H groups in total. The first-order chi connectivity index (χ1) is 12.7. The summed E-state index contributed by atoms with van der Waals surface area (Å²) in [6.45, 7) is 4.78. The standard InChI is InChI=1S/C20H31N3O3/c1-25-17-6-7-19(26-2)16(12-17)14-22-8-10-23(11-9-22)20(24)18-5-3-4-15(18)13-21/h6-7,12,15,18H,3-5,8-11,13-14,21H2,1-2H3/t15-,18-/m1/s1. The molecule has 0 radical (unpaired) electrons. The van der Waals surface area contributed by atoms with E-state index in [2.05, 4.69) is 4.90 Å². The van der Waals surface area contributed by atoms with Gasteiger partial charge in [-0.1, -0.05) is 6.42 Å². The molecule has 6 nitrogen and oxygen atoms in total. The van der Waals surface area contributed by atoms with Gasteiger partial charge >= 0.3 is 0 Å². The molecule has 1 amide bonds. The zero-order valence-corrected chi connectivity index (χ0v) is 15.9. The van der Waals surface area contributed by atoms with Crippen molar-refractivity contribution in [3.63, 3.8) is 0 Å². The first kappa shape index (κ1) is 19.0. The van der Waals surface area contributed by atoms with E-state index in [-0.39, 0.29) is 5.92 Å². The van der Waals surface area contributed by atoms with Crippen LogP contribution in [-0.2, 0) is 11.3 Å². The molecule has 1 aromatic rings. The lowest BCUT2D eigenvalue weighted by molar-refractivity contribution is -0.138. The third kappa shape index (κ3) is 4.13. The third-order valence-corrected chi connectivity index (χ3v) is 5.84. The Balaban J connectivity index is 1.56. The molecule has 1 aliphatic carbocycles. The van der Waals surface area contributed by atoms with Crippen molar-refractivity contribution in [3.8, 4) is 11.5 Å². The van der Waals surface area contributed by atoms with Crippen LogP contribution >= 0.6 is 0 Å². The molecule has 2 fully saturated rings. The van der Waals surface area contributed by atoms with E-state index in [4.69, 9.17) is 15.2 Å². The monoisotopic (exact) mass is 361 g/mol. The van der Waals surface area contributed by atoms with E-state index in [1.165, 1.54) is 0 Å². The zero-order valence-electron chi connectivity index (χ0n) is 15.9. The highest BCUT2D eigenvalue weighted by Crippen LogP contribution is 2.33. The van der Waals surface area contributed by atoms with Crippen molar-refractivity contribution in [1.82, 2.24) is 9.80 Å². The molecule has 1 saturated heterocycles. The molecule has 1 heterocycles. The van der Waals surface area contributed by atoms with Gasteiger partial charge in [0.2, 0.25) is 5.91 Å². The zero-order chi connectivity index (χ0) is 18.5. The minimum absolute atomic E-state index is 0.144. The summed E-state index contributed by atoms with van der Waals surface area (Å²) in [4.78, 5) is 17.2. The number of methoxy groups -OCH3 is 2. The predicted molar refractivity (Wildman–Crippen MR) is 101 cm³/mol.